The summed E-state index contributed by atoms with van der Waals surface area (Å²) in [4.78, 5) is 9.22. The van der Waals surface area contributed by atoms with E-state index in [1.165, 1.54) is 0 Å². The molecule has 0 spiro atoms. The van der Waals surface area contributed by atoms with Crippen LogP contribution in [0.25, 0.3) is 32.3 Å². The highest BCUT2D eigenvalue weighted by atomic mass is 32.3. The van der Waals surface area contributed by atoms with Crippen molar-refractivity contribution in [2.75, 3.05) is 18.1 Å². The summed E-state index contributed by atoms with van der Waals surface area (Å²) < 4.78 is 324. The summed E-state index contributed by atoms with van der Waals surface area (Å²) in [6, 6.07) is 9.51. The number of phenols is 3. The molecule has 0 heterocycles. The standard InChI is InChI=1S/C51H37N13O35S9/c52-43-34(20-37(102(78,79)80)28-19-41(106(90,91)92)46(49(67)42(28)43)62-54-29-9-4-23(101(75,76)77)16-35(29)64(70)71)59-57-32-10-5-24-26(50(32)107(93,94)95)17-40(105(87,88)89)45(48(24)66)61-58-33-11-6-25-27(51(33)108(96,97)98)18-39(104(84,85)86)44(47(25)65)60-55-30-7-2-21(14-36(30)99-12-1-13-100(72,73)74)53-56-31-8-3-22(63(68)69)15-38(31)103(81,82)83/h2-11,14-20,65-67H,1,12-13,52H2,(H,72,73,74)(H,75,76,77)(H,78,79,80)(H,81,82,83)(H,84,85,86)(H,87,88,89)(H,90,91,92)(H,93,94,95)(H,96,97,98). The minimum atomic E-state index is -5.95. The Hall–Kier alpha value is -11.3. The zero-order valence-electron chi connectivity index (χ0n) is 51.8. The molecule has 9 aromatic carbocycles. The van der Waals surface area contributed by atoms with Gasteiger partial charge in [0.25, 0.3) is 102 Å². The lowest BCUT2D eigenvalue weighted by molar-refractivity contribution is -0.385. The Morgan fingerprint density at radius 2 is 0.787 bits per heavy atom. The number of phenolic OH excluding ortho intramolecular Hbond substituents is 3. The van der Waals surface area contributed by atoms with Crippen LogP contribution in [-0.4, -0.2) is 154 Å². The Kier molecular flexibility index (Phi) is 21.6. The summed E-state index contributed by atoms with van der Waals surface area (Å²) in [5.41, 5.74) is -6.94. The van der Waals surface area contributed by atoms with Crippen LogP contribution in [0, 0.1) is 20.2 Å². The summed E-state index contributed by atoms with van der Waals surface area (Å²) in [6.45, 7) is -0.598. The number of fused-ring (bicyclic) bond motifs is 3. The van der Waals surface area contributed by atoms with E-state index in [1.54, 1.807) is 0 Å². The highest BCUT2D eigenvalue weighted by Crippen LogP contribution is 2.52. The molecule has 570 valence electrons. The number of anilines is 1. The first-order valence-corrected chi connectivity index (χ1v) is 40.7. The Morgan fingerprint density at radius 3 is 1.24 bits per heavy atom. The maximum atomic E-state index is 13.3. The van der Waals surface area contributed by atoms with Crippen molar-refractivity contribution >= 4 is 197 Å². The van der Waals surface area contributed by atoms with E-state index in [2.05, 4.69) is 51.1 Å². The molecular weight excluding hydrogens is 1640 g/mol. The molecule has 57 heteroatoms. The number of aromatic hydroxyl groups is 3. The second kappa shape index (κ2) is 28.8. The van der Waals surface area contributed by atoms with Crippen LogP contribution in [0.15, 0.2) is 193 Å². The summed E-state index contributed by atoms with van der Waals surface area (Å²) in [6.07, 6.45) is -0.454. The van der Waals surface area contributed by atoms with Crippen LogP contribution >= 0.6 is 0 Å². The van der Waals surface area contributed by atoms with Gasteiger partial charge in [-0.1, -0.05) is 0 Å². The van der Waals surface area contributed by atoms with Crippen LogP contribution < -0.4 is 10.5 Å². The van der Waals surface area contributed by atoms with Crippen molar-refractivity contribution < 1.29 is 147 Å². The zero-order chi connectivity index (χ0) is 80.5. The minimum Gasteiger partial charge on any atom is -0.505 e. The molecule has 0 amide bonds. The molecule has 0 saturated heterocycles. The number of non-ortho nitro benzene ring substituents is 1. The summed E-state index contributed by atoms with van der Waals surface area (Å²) in [5.74, 6) is -5.99. The van der Waals surface area contributed by atoms with E-state index in [0.29, 0.717) is 42.5 Å². The highest BCUT2D eigenvalue weighted by molar-refractivity contribution is 7.88. The fourth-order valence-corrected chi connectivity index (χ4v) is 15.6. The lowest BCUT2D eigenvalue weighted by Crippen LogP contribution is -2.08. The molecule has 0 aromatic heterocycles. The number of rotatable bonds is 25. The highest BCUT2D eigenvalue weighted by Gasteiger charge is 2.34. The zero-order valence-corrected chi connectivity index (χ0v) is 59.2. The van der Waals surface area contributed by atoms with Crippen molar-refractivity contribution in [1.29, 1.82) is 0 Å². The fourth-order valence-electron chi connectivity index (χ4n) is 9.67. The molecule has 0 aliphatic rings. The average molecular weight is 1680 g/mol. The smallest absolute Gasteiger partial charge is 0.298 e. The number of hydrogen-bond donors (Lipinski definition) is 13. The van der Waals surface area contributed by atoms with Crippen LogP contribution in [0.5, 0.6) is 23.0 Å². The van der Waals surface area contributed by atoms with Crippen molar-refractivity contribution in [2.24, 2.45) is 51.1 Å². The van der Waals surface area contributed by atoms with Crippen LogP contribution in [0.4, 0.5) is 73.9 Å². The van der Waals surface area contributed by atoms with Crippen molar-refractivity contribution in [3.8, 4) is 23.0 Å². The van der Waals surface area contributed by atoms with Crippen molar-refractivity contribution in [2.45, 2.75) is 45.6 Å². The average Bonchev–Trinajstić information content (AvgIpc) is 0.745. The molecule has 0 aliphatic heterocycles. The number of nitro groups is 2. The third kappa shape index (κ3) is 17.4. The van der Waals surface area contributed by atoms with E-state index in [9.17, 15) is 152 Å². The summed E-state index contributed by atoms with van der Waals surface area (Å²) in [5, 5.41) is 87.6. The summed E-state index contributed by atoms with van der Waals surface area (Å²) in [7, 11) is -50.0. The van der Waals surface area contributed by atoms with Crippen LogP contribution in [0.1, 0.15) is 6.42 Å². The van der Waals surface area contributed by atoms with Gasteiger partial charge in [0.15, 0.2) is 22.9 Å². The largest absolute Gasteiger partial charge is 0.505 e. The number of nitro benzene ring substituents is 2. The Balaban J connectivity index is 1.15. The van der Waals surface area contributed by atoms with Crippen molar-refractivity contribution in [3.05, 3.63) is 123 Å². The Bertz CT molecular complexity index is 6770. The van der Waals surface area contributed by atoms with E-state index in [-0.39, 0.29) is 36.0 Å². The molecule has 0 aliphatic carbocycles. The molecule has 9 aromatic rings. The van der Waals surface area contributed by atoms with Gasteiger partial charge in [-0.25, -0.2) is 0 Å². The van der Waals surface area contributed by atoms with Gasteiger partial charge in [0.2, 0.25) is 0 Å². The fraction of sp³-hybridized carbons (Fsp3) is 0.0588. The van der Waals surface area contributed by atoms with Gasteiger partial charge < -0.3 is 25.8 Å². The lowest BCUT2D eigenvalue weighted by Gasteiger charge is -2.15. The second-order valence-corrected chi connectivity index (χ2v) is 33.9. The minimum absolute atomic E-state index is 0.143. The van der Waals surface area contributed by atoms with E-state index in [1.807, 2.05) is 0 Å². The Labute approximate surface area is 601 Å². The SMILES string of the molecule is Nc1c(N=Nc2ccc3c(O)c(N=Nc4ccc5c(O)c(N=Nc6ccc(N=Nc7ccc([N+](=O)[O-])cc7S(=O)(=O)O)cc6OCCCS(=O)(=O)O)c(S(=O)(=O)O)cc5c4S(=O)(=O)O)c(S(=O)(=O)O)cc3c2S(=O)(=O)O)cc(S(=O)(=O)O)c2cc(S(=O)(=O)O)c(N=Nc3ccc(S(=O)(=O)O)cc3[N+](=O)[O-])c(O)c12. The molecule has 0 atom stereocenters. The molecular formula is C51H37N13O35S9. The number of hydrogen-bond acceptors (Lipinski definition) is 37. The first-order valence-electron chi connectivity index (χ1n) is 27.5. The van der Waals surface area contributed by atoms with Crippen molar-refractivity contribution in [3.63, 3.8) is 0 Å². The molecule has 48 nitrogen and oxygen atoms in total. The molecule has 0 unspecified atom stereocenters. The first-order chi connectivity index (χ1) is 49.6. The predicted octanol–water partition coefficient (Wildman–Crippen LogP) is 9.37. The number of nitrogens with zero attached hydrogens (tertiary/aromatic N) is 12. The number of nitrogens with two attached hydrogens (primary N) is 1. The first kappa shape index (κ1) is 80.8. The lowest BCUT2D eigenvalue weighted by atomic mass is 10.0. The molecule has 0 radical (unpaired) electrons. The molecule has 14 N–H and O–H groups in total. The Morgan fingerprint density at radius 1 is 0.370 bits per heavy atom. The van der Waals surface area contributed by atoms with E-state index >= 15 is 0 Å². The molecule has 108 heavy (non-hydrogen) atoms. The second-order valence-electron chi connectivity index (χ2n) is 21.2. The van der Waals surface area contributed by atoms with Gasteiger partial charge in [0, 0.05) is 51.2 Å². The van der Waals surface area contributed by atoms with Crippen LogP contribution in [0.2, 0.25) is 0 Å². The van der Waals surface area contributed by atoms with Gasteiger partial charge in [0.1, 0.15) is 90.4 Å². The number of nitrogen functional groups attached to an aromatic ring is 1. The molecule has 0 fully saturated rings. The van der Waals surface area contributed by atoms with Gasteiger partial charge in [-0.15, -0.1) is 46.0 Å². The number of ether oxygens (including phenoxy) is 1. The monoisotopic (exact) mass is 1680 g/mol. The van der Waals surface area contributed by atoms with Gasteiger partial charge in [-0.2, -0.15) is 80.9 Å². The third-order valence-electron chi connectivity index (χ3n) is 14.2. The number of azo groups is 5. The molecule has 9 rings (SSSR count). The topological polar surface area (TPSA) is 795 Å². The predicted molar refractivity (Wildman–Crippen MR) is 360 cm³/mol. The van der Waals surface area contributed by atoms with Crippen LogP contribution in [0.3, 0.4) is 0 Å². The van der Waals surface area contributed by atoms with Crippen molar-refractivity contribution in [1.82, 2.24) is 0 Å². The van der Waals surface area contributed by atoms with E-state index in [0.717, 1.165) is 30.3 Å². The molecule has 0 saturated carbocycles. The van der Waals surface area contributed by atoms with Gasteiger partial charge in [0.05, 0.1) is 39.0 Å². The maximum absolute atomic E-state index is 13.3. The maximum Gasteiger partial charge on any atom is 0.298 e. The third-order valence-corrected chi connectivity index (χ3v) is 22.1. The number of benzene rings is 9. The van der Waals surface area contributed by atoms with Gasteiger partial charge in [-0.05, 0) is 85.3 Å². The van der Waals surface area contributed by atoms with Crippen LogP contribution in [-0.2, 0) is 91.1 Å². The van der Waals surface area contributed by atoms with Gasteiger partial charge in [-0.3, -0.25) is 61.2 Å². The summed E-state index contributed by atoms with van der Waals surface area (Å²) >= 11 is 0. The van der Waals surface area contributed by atoms with E-state index < -0.39 is 282 Å². The van der Waals surface area contributed by atoms with E-state index in [4.69, 9.17) is 10.5 Å². The van der Waals surface area contributed by atoms with Gasteiger partial charge >= 0.3 is 0 Å². The normalized spacial score (nSPS) is 13.4. The quantitative estimate of drug-likeness (QED) is 0.00632. The molecule has 0 bridgehead atoms.